The first-order valence-corrected chi connectivity index (χ1v) is 9.22. The van der Waals surface area contributed by atoms with Crippen LogP contribution >= 0.6 is 0 Å². The van der Waals surface area contributed by atoms with Crippen LogP contribution in [0.5, 0.6) is 0 Å². The highest BCUT2D eigenvalue weighted by Crippen LogP contribution is 2.25. The molecule has 1 N–H and O–H groups in total. The van der Waals surface area contributed by atoms with Crippen LogP contribution in [0, 0.1) is 0 Å². The van der Waals surface area contributed by atoms with Crippen molar-refractivity contribution in [1.29, 1.82) is 0 Å². The predicted molar refractivity (Wildman–Crippen MR) is 94.9 cm³/mol. The Morgan fingerprint density at radius 1 is 1.08 bits per heavy atom. The summed E-state index contributed by atoms with van der Waals surface area (Å²) in [4.78, 5) is 13.5. The van der Waals surface area contributed by atoms with E-state index in [1.807, 2.05) is 24.5 Å². The highest BCUT2D eigenvalue weighted by molar-refractivity contribution is 5.45. The third kappa shape index (κ3) is 4.08. The number of nitrogens with zero attached hydrogens (tertiary/aromatic N) is 4. The Kier molecular flexibility index (Phi) is 4.83. The average Bonchev–Trinajstić information content (AvgIpc) is 3.29. The van der Waals surface area contributed by atoms with E-state index < -0.39 is 5.60 Å². The van der Waals surface area contributed by atoms with Crippen molar-refractivity contribution in [2.45, 2.75) is 37.8 Å². The fourth-order valence-electron chi connectivity index (χ4n) is 4.05. The molecular formula is C19H26N4O2. The first kappa shape index (κ1) is 16.7. The molecule has 1 atom stereocenters. The summed E-state index contributed by atoms with van der Waals surface area (Å²) in [7, 11) is 0. The largest absolute Gasteiger partial charge is 0.461 e. The van der Waals surface area contributed by atoms with Crippen LogP contribution in [0.4, 0.5) is 0 Å². The lowest BCUT2D eigenvalue weighted by Gasteiger charge is -2.41. The topological polar surface area (TPSA) is 65.6 Å². The van der Waals surface area contributed by atoms with Gasteiger partial charge in [0, 0.05) is 37.6 Å². The maximum atomic E-state index is 11.0. The molecule has 2 aliphatic rings. The molecule has 2 aromatic rings. The van der Waals surface area contributed by atoms with Crippen molar-refractivity contribution >= 4 is 0 Å². The number of aromatic nitrogens is 2. The molecule has 2 aromatic heterocycles. The predicted octanol–water partition coefficient (Wildman–Crippen LogP) is 2.16. The van der Waals surface area contributed by atoms with Gasteiger partial charge in [-0.25, -0.2) is 9.97 Å². The summed E-state index contributed by atoms with van der Waals surface area (Å²) in [6.07, 6.45) is 9.81. The fraction of sp³-hybridized carbons (Fsp3) is 0.579. The van der Waals surface area contributed by atoms with E-state index in [1.54, 1.807) is 6.26 Å². The molecule has 2 aliphatic heterocycles. The molecule has 6 heteroatoms. The number of hydrogen-bond acceptors (Lipinski definition) is 6. The number of furan rings is 1. The smallest absolute Gasteiger partial charge is 0.195 e. The van der Waals surface area contributed by atoms with Crippen LogP contribution in [0.2, 0.25) is 0 Å². The Morgan fingerprint density at radius 2 is 1.84 bits per heavy atom. The number of piperidine rings is 1. The first-order valence-electron chi connectivity index (χ1n) is 9.22. The van der Waals surface area contributed by atoms with Crippen LogP contribution in [0.3, 0.4) is 0 Å². The van der Waals surface area contributed by atoms with E-state index in [1.165, 1.54) is 12.8 Å². The normalized spacial score (nSPS) is 25.5. The molecule has 0 spiro atoms. The van der Waals surface area contributed by atoms with E-state index in [2.05, 4.69) is 19.8 Å². The fourth-order valence-corrected chi connectivity index (χ4v) is 4.05. The second kappa shape index (κ2) is 7.23. The van der Waals surface area contributed by atoms with Gasteiger partial charge in [0.1, 0.15) is 0 Å². The Bertz CT molecular complexity index is 667. The number of hydrogen-bond donors (Lipinski definition) is 1. The second-order valence-corrected chi connectivity index (χ2v) is 7.41. The molecule has 2 saturated heterocycles. The Balaban J connectivity index is 1.36. The standard InChI is InChI=1S/C19H26N4O2/c24-19(14-22-7-1-2-8-22)6-4-9-23(15-19)13-16-11-20-18(21-12-16)17-5-3-10-25-17/h3,5,10-12,24H,1-2,4,6-9,13-15H2/t19-/m0/s1. The molecule has 0 amide bonds. The molecule has 0 aromatic carbocycles. The van der Waals surface area contributed by atoms with Crippen molar-refractivity contribution in [3.63, 3.8) is 0 Å². The van der Waals surface area contributed by atoms with E-state index in [-0.39, 0.29) is 0 Å². The third-order valence-corrected chi connectivity index (χ3v) is 5.20. The molecule has 0 aliphatic carbocycles. The van der Waals surface area contributed by atoms with E-state index in [9.17, 15) is 5.11 Å². The lowest BCUT2D eigenvalue weighted by molar-refractivity contribution is -0.0519. The molecule has 0 radical (unpaired) electrons. The summed E-state index contributed by atoms with van der Waals surface area (Å²) in [5.41, 5.74) is 0.484. The van der Waals surface area contributed by atoms with Crippen molar-refractivity contribution in [1.82, 2.24) is 19.8 Å². The van der Waals surface area contributed by atoms with Gasteiger partial charge in [0.2, 0.25) is 0 Å². The lowest BCUT2D eigenvalue weighted by atomic mass is 9.92. The monoisotopic (exact) mass is 342 g/mol. The Labute approximate surface area is 148 Å². The quantitative estimate of drug-likeness (QED) is 0.898. The molecular weight excluding hydrogens is 316 g/mol. The summed E-state index contributed by atoms with van der Waals surface area (Å²) in [6.45, 7) is 5.58. The Hall–Kier alpha value is -1.76. The highest BCUT2D eigenvalue weighted by Gasteiger charge is 2.35. The molecule has 6 nitrogen and oxygen atoms in total. The molecule has 4 rings (SSSR count). The number of aliphatic hydroxyl groups is 1. The van der Waals surface area contributed by atoms with Crippen molar-refractivity contribution in [3.05, 3.63) is 36.4 Å². The van der Waals surface area contributed by atoms with Crippen LogP contribution in [0.1, 0.15) is 31.2 Å². The maximum absolute atomic E-state index is 11.0. The molecule has 25 heavy (non-hydrogen) atoms. The number of β-amino-alcohol motifs (C(OH)–C–C–N with tert-alkyl or cyclic N) is 1. The van der Waals surface area contributed by atoms with Crippen molar-refractivity contribution in [2.24, 2.45) is 0 Å². The molecule has 0 unspecified atom stereocenters. The van der Waals surface area contributed by atoms with E-state index in [0.29, 0.717) is 11.6 Å². The van der Waals surface area contributed by atoms with Crippen molar-refractivity contribution in [2.75, 3.05) is 32.7 Å². The van der Waals surface area contributed by atoms with Gasteiger partial charge in [-0.05, 0) is 57.5 Å². The minimum atomic E-state index is -0.586. The van der Waals surface area contributed by atoms with Crippen molar-refractivity contribution < 1.29 is 9.52 Å². The molecule has 134 valence electrons. The molecule has 2 fully saturated rings. The second-order valence-electron chi connectivity index (χ2n) is 7.41. The van der Waals surface area contributed by atoms with E-state index >= 15 is 0 Å². The summed E-state index contributed by atoms with van der Waals surface area (Å²) < 4.78 is 5.33. The molecule has 0 saturated carbocycles. The highest BCUT2D eigenvalue weighted by atomic mass is 16.3. The zero-order valence-corrected chi connectivity index (χ0v) is 14.6. The third-order valence-electron chi connectivity index (χ3n) is 5.20. The lowest BCUT2D eigenvalue weighted by Crippen LogP contribution is -2.53. The number of likely N-dealkylation sites (tertiary alicyclic amines) is 2. The van der Waals surface area contributed by atoms with Gasteiger partial charge in [-0.2, -0.15) is 0 Å². The van der Waals surface area contributed by atoms with Gasteiger partial charge in [0.25, 0.3) is 0 Å². The van der Waals surface area contributed by atoms with Gasteiger partial charge in [-0.1, -0.05) is 0 Å². The van der Waals surface area contributed by atoms with Crippen LogP contribution in [0.25, 0.3) is 11.6 Å². The van der Waals surface area contributed by atoms with Gasteiger partial charge in [-0.3, -0.25) is 4.90 Å². The zero-order chi connectivity index (χ0) is 17.1. The van der Waals surface area contributed by atoms with Gasteiger partial charge < -0.3 is 14.4 Å². The summed E-state index contributed by atoms with van der Waals surface area (Å²) in [6, 6.07) is 3.69. The summed E-state index contributed by atoms with van der Waals surface area (Å²) in [5, 5.41) is 11.0. The number of rotatable bonds is 5. The van der Waals surface area contributed by atoms with Gasteiger partial charge in [0.15, 0.2) is 11.6 Å². The Morgan fingerprint density at radius 3 is 2.56 bits per heavy atom. The van der Waals surface area contributed by atoms with Crippen molar-refractivity contribution in [3.8, 4) is 11.6 Å². The zero-order valence-electron chi connectivity index (χ0n) is 14.6. The molecule has 4 heterocycles. The van der Waals surface area contributed by atoms with Crippen LogP contribution in [0.15, 0.2) is 35.2 Å². The summed E-state index contributed by atoms with van der Waals surface area (Å²) in [5.74, 6) is 1.29. The first-order chi connectivity index (χ1) is 12.2. The SMILES string of the molecule is O[C@]1(CN2CCCC2)CCCN(Cc2cnc(-c3ccco3)nc2)C1. The van der Waals surface area contributed by atoms with E-state index in [0.717, 1.165) is 57.7 Å². The average molecular weight is 342 g/mol. The van der Waals surface area contributed by atoms with E-state index in [4.69, 9.17) is 4.42 Å². The summed E-state index contributed by atoms with van der Waals surface area (Å²) >= 11 is 0. The minimum Gasteiger partial charge on any atom is -0.461 e. The van der Waals surface area contributed by atoms with Crippen LogP contribution < -0.4 is 0 Å². The molecule has 0 bridgehead atoms. The van der Waals surface area contributed by atoms with Gasteiger partial charge >= 0.3 is 0 Å². The maximum Gasteiger partial charge on any atom is 0.195 e. The van der Waals surface area contributed by atoms with Crippen LogP contribution in [-0.2, 0) is 6.54 Å². The van der Waals surface area contributed by atoms with Gasteiger partial charge in [-0.15, -0.1) is 0 Å². The van der Waals surface area contributed by atoms with Crippen LogP contribution in [-0.4, -0.2) is 63.2 Å². The minimum absolute atomic E-state index is 0.586. The van der Waals surface area contributed by atoms with Gasteiger partial charge in [0.05, 0.1) is 11.9 Å².